The lowest BCUT2D eigenvalue weighted by molar-refractivity contribution is -0.139. The lowest BCUT2D eigenvalue weighted by atomic mass is 9.93. The van der Waals surface area contributed by atoms with Crippen molar-refractivity contribution in [3.8, 4) is 29.5 Å². The fraction of sp³-hybridized carbons (Fsp3) is 0.283. The molecule has 65 heavy (non-hydrogen) atoms. The molecule has 2 fully saturated rings. The fourth-order valence-electron chi connectivity index (χ4n) is 9.48. The number of methoxy groups -OCH3 is 1. The van der Waals surface area contributed by atoms with Gasteiger partial charge in [0.05, 0.1) is 42.2 Å². The number of carboxylic acid groups (broad SMARTS) is 2. The van der Waals surface area contributed by atoms with E-state index in [1.807, 2.05) is 91.0 Å². The van der Waals surface area contributed by atoms with Crippen molar-refractivity contribution in [3.63, 3.8) is 0 Å². The number of hydrogen-bond donors (Lipinski definition) is 2. The zero-order valence-corrected chi connectivity index (χ0v) is 36.4. The molecule has 4 aromatic carbocycles. The van der Waals surface area contributed by atoms with Crippen molar-refractivity contribution in [2.45, 2.75) is 75.4 Å². The maximum atomic E-state index is 11.1. The molecule has 0 unspecified atom stereocenters. The van der Waals surface area contributed by atoms with E-state index in [2.05, 4.69) is 22.1 Å². The van der Waals surface area contributed by atoms with Crippen LogP contribution >= 0.6 is 11.6 Å². The van der Waals surface area contributed by atoms with E-state index in [1.165, 1.54) is 11.1 Å². The number of halogens is 1. The summed E-state index contributed by atoms with van der Waals surface area (Å²) in [6.07, 6.45) is 9.49. The van der Waals surface area contributed by atoms with E-state index in [0.29, 0.717) is 47.8 Å². The second kappa shape index (κ2) is 18.5. The monoisotopic (exact) mass is 884 g/mol. The highest BCUT2D eigenvalue weighted by Gasteiger charge is 2.45. The molecule has 2 N–H and O–H groups in total. The molecule has 0 amide bonds. The largest absolute Gasteiger partial charge is 0.486 e. The molecule has 326 valence electrons. The van der Waals surface area contributed by atoms with Gasteiger partial charge in [0.1, 0.15) is 28.9 Å². The molecule has 12 heteroatoms. The third-order valence-electron chi connectivity index (χ3n) is 13.1. The van der Waals surface area contributed by atoms with Crippen LogP contribution in [0, 0.1) is 34.5 Å². The van der Waals surface area contributed by atoms with Crippen LogP contribution in [0.15, 0.2) is 109 Å². The summed E-state index contributed by atoms with van der Waals surface area (Å²) in [6, 6.07) is 35.5. The molecule has 10 rings (SSSR count). The number of rotatable bonds is 13. The predicted molar refractivity (Wildman–Crippen MR) is 241 cm³/mol. The standard InChI is InChI=1S/C27H24N2O4.C26H21ClN2O3/c1-32-26-11-2-16(15-29-26)12-22-18(14-28)5-8-21-20(22)9-10-25(21)33-19-6-3-17(4-7-19)23-13-24(23)27(30)31;27-25-10-1-15(14-29-25)11-21-17(13-28)4-7-20-19(21)8-9-24(20)32-18-5-2-16(3-6-18)22-12-23(22)26(30)31/h2-8,11,15,23-25H,9-10,12-13H2,1H3,(H,30,31);1-7,10,14,22-24H,8-9,11-12H2,(H,30,31)/t23-,24+,25-;22-,23+,24-/m11/s1. The van der Waals surface area contributed by atoms with E-state index in [9.17, 15) is 20.1 Å². The number of pyridine rings is 2. The summed E-state index contributed by atoms with van der Waals surface area (Å²) in [5.41, 5.74) is 12.2. The number of fused-ring (bicyclic) bond motifs is 2. The van der Waals surface area contributed by atoms with Crippen molar-refractivity contribution < 1.29 is 34.0 Å². The number of aromatic nitrogens is 2. The van der Waals surface area contributed by atoms with Gasteiger partial charge in [-0.15, -0.1) is 0 Å². The smallest absolute Gasteiger partial charge is 0.307 e. The quantitative estimate of drug-likeness (QED) is 0.106. The average molecular weight is 885 g/mol. The van der Waals surface area contributed by atoms with Crippen LogP contribution in [0.5, 0.6) is 17.4 Å². The van der Waals surface area contributed by atoms with Gasteiger partial charge < -0.3 is 24.4 Å². The molecule has 11 nitrogen and oxygen atoms in total. The van der Waals surface area contributed by atoms with Gasteiger partial charge in [0, 0.05) is 31.3 Å². The highest BCUT2D eigenvalue weighted by Crippen LogP contribution is 2.49. The number of nitrogens with zero attached hydrogens (tertiary/aromatic N) is 4. The normalized spacial score (nSPS) is 20.7. The van der Waals surface area contributed by atoms with Crippen LogP contribution in [0.3, 0.4) is 0 Å². The van der Waals surface area contributed by atoms with Gasteiger partial charge in [-0.3, -0.25) is 9.59 Å². The molecular weight excluding hydrogens is 840 g/mol. The van der Waals surface area contributed by atoms with Gasteiger partial charge in [-0.05, 0) is 148 Å². The third kappa shape index (κ3) is 9.38. The summed E-state index contributed by atoms with van der Waals surface area (Å²) in [7, 11) is 1.59. The zero-order chi connectivity index (χ0) is 45.2. The maximum Gasteiger partial charge on any atom is 0.307 e. The van der Waals surface area contributed by atoms with Crippen molar-refractivity contribution in [1.82, 2.24) is 9.97 Å². The Balaban J connectivity index is 0.000000164. The maximum absolute atomic E-state index is 11.1. The minimum Gasteiger partial charge on any atom is -0.486 e. The number of aliphatic carboxylic acids is 2. The number of nitriles is 2. The van der Waals surface area contributed by atoms with Crippen LogP contribution < -0.4 is 14.2 Å². The Kier molecular flexibility index (Phi) is 12.2. The van der Waals surface area contributed by atoms with Crippen LogP contribution in [0.25, 0.3) is 0 Å². The molecule has 4 aliphatic carbocycles. The molecule has 2 heterocycles. The van der Waals surface area contributed by atoms with E-state index in [0.717, 1.165) is 81.7 Å². The van der Waals surface area contributed by atoms with Crippen molar-refractivity contribution in [2.75, 3.05) is 7.11 Å². The van der Waals surface area contributed by atoms with Gasteiger partial charge in [0.15, 0.2) is 0 Å². The first-order valence-corrected chi connectivity index (χ1v) is 22.2. The summed E-state index contributed by atoms with van der Waals surface area (Å²) >= 11 is 5.91. The predicted octanol–water partition coefficient (Wildman–Crippen LogP) is 10.3. The average Bonchev–Trinajstić information content (AvgIpc) is 4.24. The van der Waals surface area contributed by atoms with Crippen molar-refractivity contribution >= 4 is 23.5 Å². The molecule has 0 aliphatic heterocycles. The fourth-order valence-corrected chi connectivity index (χ4v) is 9.59. The van der Waals surface area contributed by atoms with Crippen molar-refractivity contribution in [1.29, 1.82) is 10.5 Å². The zero-order valence-electron chi connectivity index (χ0n) is 35.6. The van der Waals surface area contributed by atoms with E-state index in [-0.39, 0.29) is 35.9 Å². The highest BCUT2D eigenvalue weighted by atomic mass is 35.5. The number of benzene rings is 4. The summed E-state index contributed by atoms with van der Waals surface area (Å²) in [6.45, 7) is 0. The SMILES string of the molecule is COc1ccc(Cc2c(C#N)ccc3c2CC[C@H]3Oc2ccc([C@H]3C[C@@H]3C(=O)O)cc2)cn1.N#Cc1ccc2c(c1Cc1ccc(Cl)nc1)CC[C@H]2Oc1ccc([C@H]2C[C@@H]2C(=O)O)cc1. The van der Waals surface area contributed by atoms with Gasteiger partial charge in [-0.2, -0.15) is 10.5 Å². The van der Waals surface area contributed by atoms with E-state index < -0.39 is 11.9 Å². The Morgan fingerprint density at radius 3 is 1.48 bits per heavy atom. The minimum atomic E-state index is -0.722. The second-order valence-electron chi connectivity index (χ2n) is 17.1. The Morgan fingerprint density at radius 2 is 1.11 bits per heavy atom. The van der Waals surface area contributed by atoms with Crippen LogP contribution in [0.4, 0.5) is 0 Å². The van der Waals surface area contributed by atoms with Crippen LogP contribution in [0.1, 0.15) is 116 Å². The Labute approximate surface area is 381 Å². The first-order valence-electron chi connectivity index (χ1n) is 21.8. The molecule has 6 atom stereocenters. The van der Waals surface area contributed by atoms with Crippen molar-refractivity contribution in [3.05, 3.63) is 181 Å². The van der Waals surface area contributed by atoms with E-state index >= 15 is 0 Å². The van der Waals surface area contributed by atoms with E-state index in [1.54, 1.807) is 25.6 Å². The molecule has 2 saturated carbocycles. The third-order valence-corrected chi connectivity index (χ3v) is 13.4. The van der Waals surface area contributed by atoms with Crippen molar-refractivity contribution in [2.24, 2.45) is 11.8 Å². The number of ether oxygens (including phenoxy) is 3. The van der Waals surface area contributed by atoms with Crippen LogP contribution in [0.2, 0.25) is 5.15 Å². The van der Waals surface area contributed by atoms with Crippen LogP contribution in [-0.2, 0) is 35.3 Å². The van der Waals surface area contributed by atoms with E-state index in [4.69, 9.17) is 36.0 Å². The Bertz CT molecular complexity index is 2840. The molecule has 0 saturated heterocycles. The molecule has 4 aliphatic rings. The highest BCUT2D eigenvalue weighted by molar-refractivity contribution is 6.29. The molecule has 0 radical (unpaired) electrons. The van der Waals surface area contributed by atoms with Crippen LogP contribution in [-0.4, -0.2) is 39.2 Å². The van der Waals surface area contributed by atoms with Gasteiger partial charge in [-0.1, -0.05) is 60.1 Å². The first kappa shape index (κ1) is 43.1. The molecule has 0 bridgehead atoms. The lowest BCUT2D eigenvalue weighted by Crippen LogP contribution is -2.05. The summed E-state index contributed by atoms with van der Waals surface area (Å²) in [4.78, 5) is 30.7. The lowest BCUT2D eigenvalue weighted by Gasteiger charge is -2.17. The Hall–Kier alpha value is -7.21. The molecule has 0 spiro atoms. The topological polar surface area (TPSA) is 176 Å². The van der Waals surface area contributed by atoms with Gasteiger partial charge >= 0.3 is 11.9 Å². The summed E-state index contributed by atoms with van der Waals surface area (Å²) < 4.78 is 17.8. The minimum absolute atomic E-state index is 0.0703. The molecular formula is C53H45ClN4O7. The summed E-state index contributed by atoms with van der Waals surface area (Å²) in [5.74, 6) is 0.379. The molecule has 2 aromatic heterocycles. The number of carbonyl (C=O) groups is 2. The molecule has 6 aromatic rings. The van der Waals surface area contributed by atoms with Gasteiger partial charge in [0.2, 0.25) is 5.88 Å². The number of carboxylic acids is 2. The van der Waals surface area contributed by atoms with Gasteiger partial charge in [0.25, 0.3) is 0 Å². The van der Waals surface area contributed by atoms with Gasteiger partial charge in [-0.25, -0.2) is 9.97 Å². The second-order valence-corrected chi connectivity index (χ2v) is 17.5. The Morgan fingerprint density at radius 1 is 0.646 bits per heavy atom. The summed E-state index contributed by atoms with van der Waals surface area (Å²) in [5, 5.41) is 38.1. The first-order chi connectivity index (χ1) is 31.6. The number of hydrogen-bond acceptors (Lipinski definition) is 9.